The van der Waals surface area contributed by atoms with Gasteiger partial charge in [-0.05, 0) is 55.7 Å². The zero-order valence-corrected chi connectivity index (χ0v) is 17.5. The number of ether oxygens (including phenoxy) is 1. The molecule has 1 aliphatic carbocycles. The highest BCUT2D eigenvalue weighted by atomic mass is 35.5. The molecule has 3 unspecified atom stereocenters. The zero-order chi connectivity index (χ0) is 17.8. The minimum absolute atomic E-state index is 0. The predicted molar refractivity (Wildman–Crippen MR) is 115 cm³/mol. The molecule has 2 aliphatic heterocycles. The van der Waals surface area contributed by atoms with Crippen LogP contribution in [0.4, 0.5) is 5.69 Å². The fraction of sp³-hybridized carbons (Fsp3) is 0.667. The van der Waals surface area contributed by atoms with E-state index < -0.39 is 0 Å². The Labute approximate surface area is 173 Å². The van der Waals surface area contributed by atoms with Crippen LogP contribution >= 0.6 is 24.2 Å². The lowest BCUT2D eigenvalue weighted by molar-refractivity contribution is -0.117. The second kappa shape index (κ2) is 10.1. The van der Waals surface area contributed by atoms with Gasteiger partial charge in [0, 0.05) is 35.9 Å². The van der Waals surface area contributed by atoms with Crippen LogP contribution in [0.25, 0.3) is 0 Å². The molecule has 4 rings (SSSR count). The number of rotatable bonds is 5. The molecular formula is C21H31ClN2O2S. The van der Waals surface area contributed by atoms with Crippen LogP contribution in [-0.4, -0.2) is 36.5 Å². The molecule has 3 aliphatic rings. The van der Waals surface area contributed by atoms with Gasteiger partial charge in [-0.1, -0.05) is 25.0 Å². The van der Waals surface area contributed by atoms with E-state index in [9.17, 15) is 4.79 Å². The summed E-state index contributed by atoms with van der Waals surface area (Å²) in [5.74, 6) is 1.83. The number of nitrogens with one attached hydrogen (secondary N) is 2. The monoisotopic (exact) mass is 410 g/mol. The molecule has 0 radical (unpaired) electrons. The van der Waals surface area contributed by atoms with Gasteiger partial charge in [0.1, 0.15) is 0 Å². The van der Waals surface area contributed by atoms with Gasteiger partial charge < -0.3 is 15.4 Å². The topological polar surface area (TPSA) is 50.4 Å². The highest BCUT2D eigenvalue weighted by Gasteiger charge is 2.38. The summed E-state index contributed by atoms with van der Waals surface area (Å²) >= 11 is 2.01. The maximum atomic E-state index is 12.7. The standard InChI is InChI=1S/C21H30N2O2S.ClH/c24-21(20-13-16-5-1-2-7-19(16)23-20)22-17-6-3-4-15(12-17)14-26-18-8-10-25-11-9-18;/h3-4,6,12,16,18-20,23H,1-2,5,7-11,13-14H2,(H,22,24);1H. The minimum Gasteiger partial charge on any atom is -0.381 e. The van der Waals surface area contributed by atoms with Crippen LogP contribution in [0.2, 0.25) is 0 Å². The maximum absolute atomic E-state index is 12.7. The number of hydrogen-bond donors (Lipinski definition) is 2. The van der Waals surface area contributed by atoms with Crippen LogP contribution in [0.5, 0.6) is 0 Å². The first kappa shape index (κ1) is 21.0. The highest BCUT2D eigenvalue weighted by molar-refractivity contribution is 7.99. The molecule has 4 nitrogen and oxygen atoms in total. The lowest BCUT2D eigenvalue weighted by Crippen LogP contribution is -2.39. The smallest absolute Gasteiger partial charge is 0.241 e. The Balaban J connectivity index is 0.00000210. The summed E-state index contributed by atoms with van der Waals surface area (Å²) in [5, 5.41) is 7.41. The van der Waals surface area contributed by atoms with Crippen molar-refractivity contribution >= 4 is 35.8 Å². The number of benzene rings is 1. The average molecular weight is 411 g/mol. The van der Waals surface area contributed by atoms with Crippen LogP contribution in [0, 0.1) is 5.92 Å². The molecule has 2 heterocycles. The molecule has 3 atom stereocenters. The molecule has 0 aromatic heterocycles. The number of carbonyl (C=O) groups excluding carboxylic acids is 1. The summed E-state index contributed by atoms with van der Waals surface area (Å²) in [6.45, 7) is 1.79. The van der Waals surface area contributed by atoms with Crippen LogP contribution in [0.3, 0.4) is 0 Å². The van der Waals surface area contributed by atoms with Crippen LogP contribution in [0.1, 0.15) is 50.5 Å². The Morgan fingerprint density at radius 2 is 2.00 bits per heavy atom. The number of halogens is 1. The maximum Gasteiger partial charge on any atom is 0.241 e. The van der Waals surface area contributed by atoms with E-state index in [1.165, 1.54) is 31.2 Å². The number of amides is 1. The number of hydrogen-bond acceptors (Lipinski definition) is 4. The summed E-state index contributed by atoms with van der Waals surface area (Å²) in [6, 6.07) is 8.88. The molecule has 2 N–H and O–H groups in total. The number of thioether (sulfide) groups is 1. The Hall–Kier alpha value is -0.750. The molecule has 1 saturated carbocycles. The minimum atomic E-state index is -0.0247. The number of carbonyl (C=O) groups is 1. The Morgan fingerprint density at radius 1 is 1.19 bits per heavy atom. The van der Waals surface area contributed by atoms with Crippen molar-refractivity contribution in [2.24, 2.45) is 5.92 Å². The quantitative estimate of drug-likeness (QED) is 0.756. The summed E-state index contributed by atoms with van der Waals surface area (Å²) in [6.07, 6.45) is 8.43. The van der Waals surface area contributed by atoms with Gasteiger partial charge in [-0.2, -0.15) is 11.8 Å². The summed E-state index contributed by atoms with van der Waals surface area (Å²) in [7, 11) is 0. The Kier molecular flexibility index (Phi) is 7.88. The fourth-order valence-electron chi connectivity index (χ4n) is 4.55. The third-order valence-corrected chi connectivity index (χ3v) is 7.47. The van der Waals surface area contributed by atoms with Gasteiger partial charge in [0.15, 0.2) is 0 Å². The molecule has 3 fully saturated rings. The van der Waals surface area contributed by atoms with Crippen LogP contribution in [0.15, 0.2) is 24.3 Å². The zero-order valence-electron chi connectivity index (χ0n) is 15.8. The molecule has 1 aromatic rings. The van der Waals surface area contributed by atoms with E-state index in [4.69, 9.17) is 4.74 Å². The van der Waals surface area contributed by atoms with Crippen molar-refractivity contribution in [3.05, 3.63) is 29.8 Å². The van der Waals surface area contributed by atoms with Gasteiger partial charge in [-0.3, -0.25) is 4.79 Å². The van der Waals surface area contributed by atoms with Crippen LogP contribution in [-0.2, 0) is 15.3 Å². The van der Waals surface area contributed by atoms with Crippen molar-refractivity contribution in [2.75, 3.05) is 18.5 Å². The van der Waals surface area contributed by atoms with E-state index in [-0.39, 0.29) is 24.4 Å². The van der Waals surface area contributed by atoms with Crippen LogP contribution < -0.4 is 10.6 Å². The van der Waals surface area contributed by atoms with Gasteiger partial charge in [-0.15, -0.1) is 12.4 Å². The molecule has 1 amide bonds. The van der Waals surface area contributed by atoms with Gasteiger partial charge >= 0.3 is 0 Å². The second-order valence-electron chi connectivity index (χ2n) is 7.92. The normalized spacial score (nSPS) is 28.2. The molecular weight excluding hydrogens is 380 g/mol. The first-order valence-electron chi connectivity index (χ1n) is 10.1. The van der Waals surface area contributed by atoms with E-state index in [1.54, 1.807) is 0 Å². The van der Waals surface area contributed by atoms with Crippen molar-refractivity contribution in [3.63, 3.8) is 0 Å². The first-order chi connectivity index (χ1) is 12.8. The van der Waals surface area contributed by atoms with Gasteiger partial charge in [0.2, 0.25) is 5.91 Å². The molecule has 1 aromatic carbocycles. The number of fused-ring (bicyclic) bond motifs is 1. The van der Waals surface area contributed by atoms with E-state index >= 15 is 0 Å². The molecule has 6 heteroatoms. The van der Waals surface area contributed by atoms with Gasteiger partial charge in [0.25, 0.3) is 0 Å². The van der Waals surface area contributed by atoms with Crippen molar-refractivity contribution in [1.82, 2.24) is 5.32 Å². The second-order valence-corrected chi connectivity index (χ2v) is 9.21. The molecule has 150 valence electrons. The first-order valence-corrected chi connectivity index (χ1v) is 11.2. The van der Waals surface area contributed by atoms with E-state index in [2.05, 4.69) is 28.8 Å². The van der Waals surface area contributed by atoms with Crippen molar-refractivity contribution in [1.29, 1.82) is 0 Å². The largest absolute Gasteiger partial charge is 0.381 e. The SMILES string of the molecule is Cl.O=C(Nc1cccc(CSC2CCOCC2)c1)C1CC2CCCCC2N1. The van der Waals surface area contributed by atoms with Crippen molar-refractivity contribution in [2.45, 2.75) is 68.0 Å². The molecule has 0 spiro atoms. The average Bonchev–Trinajstić information content (AvgIpc) is 3.12. The fourth-order valence-corrected chi connectivity index (χ4v) is 5.68. The predicted octanol–water partition coefficient (Wildman–Crippen LogP) is 4.38. The number of anilines is 1. The lowest BCUT2D eigenvalue weighted by Gasteiger charge is -2.24. The van der Waals surface area contributed by atoms with Crippen molar-refractivity contribution in [3.8, 4) is 0 Å². The Bertz CT molecular complexity index is 610. The summed E-state index contributed by atoms with van der Waals surface area (Å²) in [5.41, 5.74) is 2.21. The third-order valence-electron chi connectivity index (χ3n) is 6.03. The Morgan fingerprint density at radius 3 is 2.81 bits per heavy atom. The van der Waals surface area contributed by atoms with E-state index in [0.29, 0.717) is 17.2 Å². The van der Waals surface area contributed by atoms with E-state index in [1.807, 2.05) is 17.8 Å². The van der Waals surface area contributed by atoms with E-state index in [0.717, 1.165) is 43.9 Å². The van der Waals surface area contributed by atoms with Crippen molar-refractivity contribution < 1.29 is 9.53 Å². The van der Waals surface area contributed by atoms with Gasteiger partial charge in [0.05, 0.1) is 6.04 Å². The molecule has 0 bridgehead atoms. The third kappa shape index (κ3) is 5.63. The summed E-state index contributed by atoms with van der Waals surface area (Å²) in [4.78, 5) is 12.7. The molecule has 27 heavy (non-hydrogen) atoms. The van der Waals surface area contributed by atoms with Gasteiger partial charge in [-0.25, -0.2) is 0 Å². The summed E-state index contributed by atoms with van der Waals surface area (Å²) < 4.78 is 5.43. The lowest BCUT2D eigenvalue weighted by atomic mass is 9.85. The molecule has 2 saturated heterocycles. The highest BCUT2D eigenvalue weighted by Crippen LogP contribution is 2.33.